The van der Waals surface area contributed by atoms with E-state index in [1.165, 1.54) is 0 Å². The minimum atomic E-state index is 0.0542. The van der Waals surface area contributed by atoms with E-state index in [1.54, 1.807) is 7.11 Å². The molecule has 0 unspecified atom stereocenters. The first-order chi connectivity index (χ1) is 11.4. The molecule has 1 aromatic carbocycles. The predicted octanol–water partition coefficient (Wildman–Crippen LogP) is 2.06. The van der Waals surface area contributed by atoms with E-state index in [0.717, 1.165) is 24.3 Å². The predicted molar refractivity (Wildman–Crippen MR) is 92.9 cm³/mol. The van der Waals surface area contributed by atoms with Crippen LogP contribution >= 0.6 is 0 Å². The Morgan fingerprint density at radius 3 is 3.00 bits per heavy atom. The van der Waals surface area contributed by atoms with E-state index in [9.17, 15) is 4.79 Å². The van der Waals surface area contributed by atoms with Gasteiger partial charge in [0, 0.05) is 30.5 Å². The van der Waals surface area contributed by atoms with Crippen molar-refractivity contribution in [3.05, 3.63) is 29.8 Å². The van der Waals surface area contributed by atoms with Gasteiger partial charge in [0.1, 0.15) is 5.75 Å². The number of amides is 1. The molecule has 0 spiro atoms. The fourth-order valence-corrected chi connectivity index (χ4v) is 4.56. The summed E-state index contributed by atoms with van der Waals surface area (Å²) in [6, 6.07) is 8.18. The number of carbonyl (C=O) groups excluding carboxylic acids is 1. The average Bonchev–Trinajstić information content (AvgIpc) is 2.99. The van der Waals surface area contributed by atoms with Crippen molar-refractivity contribution in [1.82, 2.24) is 10.2 Å². The molecular weight excluding hydrogens is 304 g/mol. The van der Waals surface area contributed by atoms with Gasteiger partial charge in [0.2, 0.25) is 5.91 Å². The maximum absolute atomic E-state index is 12.3. The zero-order valence-corrected chi connectivity index (χ0v) is 15.0. The van der Waals surface area contributed by atoms with Crippen LogP contribution in [-0.4, -0.2) is 50.3 Å². The Balaban J connectivity index is 1.51. The first kappa shape index (κ1) is 17.2. The molecule has 2 aliphatic rings. The summed E-state index contributed by atoms with van der Waals surface area (Å²) in [5, 5.41) is 3.00. The maximum Gasteiger partial charge on any atom is 0.234 e. The summed E-state index contributed by atoms with van der Waals surface area (Å²) < 4.78 is 11.1. The molecule has 5 nitrogen and oxygen atoms in total. The van der Waals surface area contributed by atoms with E-state index >= 15 is 0 Å². The van der Waals surface area contributed by atoms with Crippen LogP contribution in [0.2, 0.25) is 0 Å². The molecular formula is C19H28N2O3. The van der Waals surface area contributed by atoms with Crippen LogP contribution in [-0.2, 0) is 16.1 Å². The van der Waals surface area contributed by atoms with E-state index in [-0.39, 0.29) is 11.3 Å². The van der Waals surface area contributed by atoms with Crippen LogP contribution in [0, 0.1) is 11.3 Å². The summed E-state index contributed by atoms with van der Waals surface area (Å²) in [5.41, 5.74) is 1.15. The topological polar surface area (TPSA) is 50.8 Å². The number of ether oxygens (including phenoxy) is 2. The SMILES string of the molecule is COc1cccc(CNC(=O)CN(C)[C@@H]2[C@@H]3CCO[C@H]3C2(C)C)c1. The lowest BCUT2D eigenvalue weighted by molar-refractivity contribution is -0.154. The van der Waals surface area contributed by atoms with Crippen LogP contribution in [0.5, 0.6) is 5.75 Å². The van der Waals surface area contributed by atoms with E-state index in [1.807, 2.05) is 31.3 Å². The van der Waals surface area contributed by atoms with Crippen LogP contribution in [0.3, 0.4) is 0 Å². The molecule has 132 valence electrons. The molecule has 1 heterocycles. The molecule has 1 amide bonds. The Morgan fingerprint density at radius 1 is 1.46 bits per heavy atom. The molecule has 1 aliphatic heterocycles. The molecule has 1 aliphatic carbocycles. The van der Waals surface area contributed by atoms with Crippen LogP contribution in [0.1, 0.15) is 25.8 Å². The van der Waals surface area contributed by atoms with Crippen LogP contribution in [0.4, 0.5) is 0 Å². The molecule has 1 N–H and O–H groups in total. The zero-order chi connectivity index (χ0) is 17.3. The fourth-order valence-electron chi connectivity index (χ4n) is 4.56. The number of hydrogen-bond acceptors (Lipinski definition) is 4. The monoisotopic (exact) mass is 332 g/mol. The largest absolute Gasteiger partial charge is 0.497 e. The first-order valence-corrected chi connectivity index (χ1v) is 8.65. The molecule has 0 aromatic heterocycles. The Morgan fingerprint density at radius 2 is 2.25 bits per heavy atom. The van der Waals surface area contributed by atoms with Crippen LogP contribution in [0.15, 0.2) is 24.3 Å². The van der Waals surface area contributed by atoms with Crippen molar-refractivity contribution < 1.29 is 14.3 Å². The molecule has 3 rings (SSSR count). The number of hydrogen-bond donors (Lipinski definition) is 1. The quantitative estimate of drug-likeness (QED) is 0.866. The number of benzene rings is 1. The maximum atomic E-state index is 12.3. The van der Waals surface area contributed by atoms with E-state index in [0.29, 0.717) is 31.2 Å². The van der Waals surface area contributed by atoms with Crippen LogP contribution < -0.4 is 10.1 Å². The van der Waals surface area contributed by atoms with Crippen molar-refractivity contribution in [1.29, 1.82) is 0 Å². The van der Waals surface area contributed by atoms with Gasteiger partial charge in [-0.05, 0) is 31.2 Å². The standard InChI is InChI=1S/C19H28N2O3/c1-19(2)17(15-8-9-24-18(15)19)21(3)12-16(22)20-11-13-6-5-7-14(10-13)23-4/h5-7,10,15,17-18H,8-9,11-12H2,1-4H3,(H,20,22)/t15-,17+,18+/m0/s1. The highest BCUT2D eigenvalue weighted by Gasteiger charge is 2.60. The van der Waals surface area contributed by atoms with E-state index < -0.39 is 0 Å². The first-order valence-electron chi connectivity index (χ1n) is 8.65. The zero-order valence-electron chi connectivity index (χ0n) is 15.0. The number of rotatable bonds is 6. The lowest BCUT2D eigenvalue weighted by Crippen LogP contribution is -2.66. The third kappa shape index (κ3) is 3.15. The van der Waals surface area contributed by atoms with Gasteiger partial charge in [-0.25, -0.2) is 0 Å². The molecule has 2 fully saturated rings. The van der Waals surface area contributed by atoms with Crippen molar-refractivity contribution in [3.8, 4) is 5.75 Å². The molecule has 5 heteroatoms. The van der Waals surface area contributed by atoms with Gasteiger partial charge in [0.25, 0.3) is 0 Å². The summed E-state index contributed by atoms with van der Waals surface area (Å²) in [6.07, 6.45) is 1.46. The van der Waals surface area contributed by atoms with Gasteiger partial charge < -0.3 is 14.8 Å². The second kappa shape index (κ2) is 6.73. The van der Waals surface area contributed by atoms with Gasteiger partial charge in [-0.3, -0.25) is 9.69 Å². The van der Waals surface area contributed by atoms with Crippen molar-refractivity contribution in [2.75, 3.05) is 27.3 Å². The number of likely N-dealkylation sites (N-methyl/N-ethyl adjacent to an activating group) is 1. The number of nitrogens with one attached hydrogen (secondary N) is 1. The summed E-state index contributed by atoms with van der Waals surface area (Å²) in [6.45, 7) is 6.28. The highest BCUT2D eigenvalue weighted by atomic mass is 16.5. The third-order valence-electron chi connectivity index (χ3n) is 5.53. The summed E-state index contributed by atoms with van der Waals surface area (Å²) >= 11 is 0. The number of nitrogens with zero attached hydrogens (tertiary/aromatic N) is 1. The minimum absolute atomic E-state index is 0.0542. The summed E-state index contributed by atoms with van der Waals surface area (Å²) in [7, 11) is 3.69. The van der Waals surface area contributed by atoms with Crippen LogP contribution in [0.25, 0.3) is 0 Å². The Hall–Kier alpha value is -1.59. The minimum Gasteiger partial charge on any atom is -0.497 e. The highest BCUT2D eigenvalue weighted by molar-refractivity contribution is 5.78. The lowest BCUT2D eigenvalue weighted by Gasteiger charge is -2.57. The second-order valence-electron chi connectivity index (χ2n) is 7.55. The molecule has 0 bridgehead atoms. The fraction of sp³-hybridized carbons (Fsp3) is 0.632. The van der Waals surface area contributed by atoms with Gasteiger partial charge >= 0.3 is 0 Å². The average molecular weight is 332 g/mol. The van der Waals surface area contributed by atoms with E-state index in [4.69, 9.17) is 9.47 Å². The third-order valence-corrected chi connectivity index (χ3v) is 5.53. The molecule has 0 radical (unpaired) electrons. The summed E-state index contributed by atoms with van der Waals surface area (Å²) in [5.74, 6) is 1.43. The second-order valence-corrected chi connectivity index (χ2v) is 7.55. The number of fused-ring (bicyclic) bond motifs is 1. The Bertz CT molecular complexity index is 602. The number of carbonyl (C=O) groups is 1. The molecule has 3 atom stereocenters. The van der Waals surface area contributed by atoms with Gasteiger partial charge in [-0.2, -0.15) is 0 Å². The van der Waals surface area contributed by atoms with E-state index in [2.05, 4.69) is 24.1 Å². The van der Waals surface area contributed by atoms with Crippen molar-refractivity contribution in [2.24, 2.45) is 11.3 Å². The van der Waals surface area contributed by atoms with Gasteiger partial charge in [0.05, 0.1) is 19.8 Å². The molecule has 1 saturated carbocycles. The number of methoxy groups -OCH3 is 1. The van der Waals surface area contributed by atoms with Crippen molar-refractivity contribution >= 4 is 5.91 Å². The molecule has 24 heavy (non-hydrogen) atoms. The summed E-state index contributed by atoms with van der Waals surface area (Å²) in [4.78, 5) is 14.5. The van der Waals surface area contributed by atoms with Gasteiger partial charge in [-0.1, -0.05) is 26.0 Å². The van der Waals surface area contributed by atoms with Crippen molar-refractivity contribution in [3.63, 3.8) is 0 Å². The lowest BCUT2D eigenvalue weighted by atomic mass is 9.57. The smallest absolute Gasteiger partial charge is 0.234 e. The molecule has 1 aromatic rings. The Labute approximate surface area is 144 Å². The normalized spacial score (nSPS) is 27.5. The van der Waals surface area contributed by atoms with Gasteiger partial charge in [0.15, 0.2) is 0 Å². The van der Waals surface area contributed by atoms with Gasteiger partial charge in [-0.15, -0.1) is 0 Å². The highest BCUT2D eigenvalue weighted by Crippen LogP contribution is 2.54. The Kier molecular flexibility index (Phi) is 4.83. The van der Waals surface area contributed by atoms with Crippen molar-refractivity contribution in [2.45, 2.75) is 39.0 Å². The molecule has 1 saturated heterocycles.